The van der Waals surface area contributed by atoms with Gasteiger partial charge in [-0.2, -0.15) is 5.26 Å². The molecule has 1 aliphatic carbocycles. The molecule has 5 heteroatoms. The molecule has 0 radical (unpaired) electrons. The zero-order chi connectivity index (χ0) is 13.0. The third kappa shape index (κ3) is 3.25. The Morgan fingerprint density at radius 2 is 2.39 bits per heavy atom. The number of hydrogen-bond donors (Lipinski definition) is 1. The van der Waals surface area contributed by atoms with E-state index in [0.29, 0.717) is 5.92 Å². The van der Waals surface area contributed by atoms with Crippen LogP contribution in [0, 0.1) is 17.2 Å². The summed E-state index contributed by atoms with van der Waals surface area (Å²) in [7, 11) is 0. The number of aromatic nitrogens is 1. The smallest absolute Gasteiger partial charge is 0.119 e. The molecule has 3 nitrogen and oxygen atoms in total. The lowest BCUT2D eigenvalue weighted by atomic mass is 9.98. The Bertz CT molecular complexity index is 439. The fourth-order valence-electron chi connectivity index (χ4n) is 2.00. The van der Waals surface area contributed by atoms with Crippen LogP contribution >= 0.6 is 27.7 Å². The minimum Gasteiger partial charge on any atom is -0.299 e. The third-order valence-electron chi connectivity index (χ3n) is 3.11. The van der Waals surface area contributed by atoms with Crippen molar-refractivity contribution in [3.05, 3.63) is 22.8 Å². The minimum absolute atomic E-state index is 0.381. The molecule has 1 unspecified atom stereocenters. The second-order valence-electron chi connectivity index (χ2n) is 4.49. The summed E-state index contributed by atoms with van der Waals surface area (Å²) in [5, 5.41) is 13.8. The van der Waals surface area contributed by atoms with Crippen molar-refractivity contribution < 1.29 is 0 Å². The predicted molar refractivity (Wildman–Crippen MR) is 77.4 cm³/mol. The lowest BCUT2D eigenvalue weighted by Gasteiger charge is -2.26. The maximum atomic E-state index is 9.49. The van der Waals surface area contributed by atoms with E-state index >= 15 is 0 Å². The number of nitrogens with zero attached hydrogens (tertiary/aromatic N) is 2. The third-order valence-corrected chi connectivity index (χ3v) is 4.72. The molecule has 1 saturated carbocycles. The van der Waals surface area contributed by atoms with Crippen LogP contribution in [-0.4, -0.2) is 22.8 Å². The lowest BCUT2D eigenvalue weighted by Crippen LogP contribution is -2.48. The van der Waals surface area contributed by atoms with E-state index in [1.54, 1.807) is 18.0 Å². The maximum absolute atomic E-state index is 9.49. The number of nitrogens with one attached hydrogen (secondary N) is 1. The van der Waals surface area contributed by atoms with E-state index in [2.05, 4.69) is 39.2 Å². The normalized spacial score (nSPS) is 18.1. The van der Waals surface area contributed by atoms with Crippen molar-refractivity contribution in [2.75, 3.05) is 12.3 Å². The summed E-state index contributed by atoms with van der Waals surface area (Å²) >= 11 is 5.02. The molecule has 1 aromatic heterocycles. The maximum Gasteiger partial charge on any atom is 0.119 e. The second-order valence-corrected chi connectivity index (χ2v) is 6.40. The molecule has 0 spiro atoms. The Morgan fingerprint density at radius 3 is 2.89 bits per heavy atom. The van der Waals surface area contributed by atoms with E-state index in [1.165, 1.54) is 0 Å². The van der Waals surface area contributed by atoms with Crippen LogP contribution in [0.3, 0.4) is 0 Å². The van der Waals surface area contributed by atoms with E-state index in [-0.39, 0.29) is 5.54 Å². The van der Waals surface area contributed by atoms with Crippen LogP contribution in [0.15, 0.2) is 27.8 Å². The molecular formula is C13H16BrN3S. The molecule has 1 atom stereocenters. The molecule has 1 aliphatic rings. The van der Waals surface area contributed by atoms with E-state index in [1.807, 2.05) is 12.1 Å². The Hall–Kier alpha value is -0.570. The summed E-state index contributed by atoms with van der Waals surface area (Å²) in [6, 6.07) is 6.45. The van der Waals surface area contributed by atoms with Crippen molar-refractivity contribution in [2.45, 2.75) is 30.3 Å². The number of thioether (sulfide) groups is 1. The molecule has 1 heterocycles. The Kier molecular flexibility index (Phi) is 4.66. The number of halogens is 1. The lowest BCUT2D eigenvalue weighted by molar-refractivity contribution is 0.416. The van der Waals surface area contributed by atoms with E-state index < -0.39 is 0 Å². The van der Waals surface area contributed by atoms with Gasteiger partial charge in [0.1, 0.15) is 5.54 Å². The van der Waals surface area contributed by atoms with Gasteiger partial charge in [-0.25, -0.2) is 4.98 Å². The van der Waals surface area contributed by atoms with Gasteiger partial charge >= 0.3 is 0 Å². The van der Waals surface area contributed by atoms with Crippen LogP contribution in [0.4, 0.5) is 0 Å². The number of rotatable bonds is 6. The molecule has 1 N–H and O–H groups in total. The minimum atomic E-state index is -0.381. The van der Waals surface area contributed by atoms with Crippen molar-refractivity contribution in [1.82, 2.24) is 10.3 Å². The van der Waals surface area contributed by atoms with E-state index in [9.17, 15) is 5.26 Å². The Labute approximate surface area is 120 Å². The first-order valence-corrected chi connectivity index (χ1v) is 7.88. The van der Waals surface area contributed by atoms with Gasteiger partial charge in [-0.05, 0) is 53.4 Å². The van der Waals surface area contributed by atoms with Crippen molar-refractivity contribution in [3.63, 3.8) is 0 Å². The van der Waals surface area contributed by atoms with Crippen LogP contribution in [0.5, 0.6) is 0 Å². The molecule has 0 aliphatic heterocycles. The monoisotopic (exact) mass is 325 g/mol. The quantitative estimate of drug-likeness (QED) is 0.816. The van der Waals surface area contributed by atoms with Gasteiger partial charge in [0, 0.05) is 16.4 Å². The molecule has 0 aromatic carbocycles. The second kappa shape index (κ2) is 6.05. The molecule has 18 heavy (non-hydrogen) atoms. The number of hydrogen-bond acceptors (Lipinski definition) is 4. The zero-order valence-electron chi connectivity index (χ0n) is 10.3. The summed E-state index contributed by atoms with van der Waals surface area (Å²) < 4.78 is 0.979. The summed E-state index contributed by atoms with van der Waals surface area (Å²) in [4.78, 5) is 4.33. The topological polar surface area (TPSA) is 48.7 Å². The van der Waals surface area contributed by atoms with Crippen molar-refractivity contribution in [3.8, 4) is 6.07 Å². The first kappa shape index (κ1) is 13.9. The van der Waals surface area contributed by atoms with E-state index in [4.69, 9.17) is 0 Å². The highest BCUT2D eigenvalue weighted by atomic mass is 79.9. The average Bonchev–Trinajstić information content (AvgIpc) is 3.21. The zero-order valence-corrected chi connectivity index (χ0v) is 12.7. The van der Waals surface area contributed by atoms with Gasteiger partial charge in [0.25, 0.3) is 0 Å². The van der Waals surface area contributed by atoms with Crippen LogP contribution in [-0.2, 0) is 0 Å². The Morgan fingerprint density at radius 1 is 1.61 bits per heavy atom. The Balaban J connectivity index is 2.01. The summed E-state index contributed by atoms with van der Waals surface area (Å²) in [5.41, 5.74) is -0.381. The molecule has 0 amide bonds. The molecule has 1 aromatic rings. The van der Waals surface area contributed by atoms with Gasteiger partial charge in [-0.3, -0.25) is 5.32 Å². The summed E-state index contributed by atoms with van der Waals surface area (Å²) in [5.74, 6) is 1.27. The van der Waals surface area contributed by atoms with Crippen LogP contribution in [0.1, 0.15) is 19.8 Å². The molecule has 0 saturated heterocycles. The fourth-order valence-corrected chi connectivity index (χ4v) is 3.31. The first-order chi connectivity index (χ1) is 8.70. The molecule has 96 valence electrons. The summed E-state index contributed by atoms with van der Waals surface area (Å²) in [6.45, 7) is 2.88. The standard InChI is InChI=1S/C13H16BrN3S/c1-2-17-13(8-15,10-3-4-10)9-18-12-6-5-11(14)7-16-12/h5-7,10,17H,2-4,9H2,1H3. The fraction of sp³-hybridized carbons (Fsp3) is 0.538. The highest BCUT2D eigenvalue weighted by molar-refractivity contribution is 9.10. The predicted octanol–water partition coefficient (Wildman–Crippen LogP) is 3.22. The number of pyridine rings is 1. The van der Waals surface area contributed by atoms with Gasteiger partial charge in [-0.1, -0.05) is 6.92 Å². The van der Waals surface area contributed by atoms with Crippen molar-refractivity contribution >= 4 is 27.7 Å². The first-order valence-electron chi connectivity index (χ1n) is 6.11. The SMILES string of the molecule is CCNC(C#N)(CSc1ccc(Br)cn1)C1CC1. The van der Waals surface area contributed by atoms with Crippen LogP contribution < -0.4 is 5.32 Å². The molecular weight excluding hydrogens is 310 g/mol. The van der Waals surface area contributed by atoms with E-state index in [0.717, 1.165) is 34.6 Å². The van der Waals surface area contributed by atoms with Crippen molar-refractivity contribution in [2.24, 2.45) is 5.92 Å². The van der Waals surface area contributed by atoms with Gasteiger partial charge in [-0.15, -0.1) is 11.8 Å². The number of nitriles is 1. The summed E-state index contributed by atoms with van der Waals surface area (Å²) in [6.07, 6.45) is 4.12. The molecule has 0 bridgehead atoms. The van der Waals surface area contributed by atoms with Gasteiger partial charge in [0.15, 0.2) is 0 Å². The highest BCUT2D eigenvalue weighted by Gasteiger charge is 2.45. The largest absolute Gasteiger partial charge is 0.299 e. The highest BCUT2D eigenvalue weighted by Crippen LogP contribution is 2.41. The molecule has 1 fully saturated rings. The van der Waals surface area contributed by atoms with Crippen LogP contribution in [0.25, 0.3) is 0 Å². The van der Waals surface area contributed by atoms with Gasteiger partial charge < -0.3 is 0 Å². The van der Waals surface area contributed by atoms with Gasteiger partial charge in [0.05, 0.1) is 11.1 Å². The average molecular weight is 326 g/mol. The van der Waals surface area contributed by atoms with Crippen molar-refractivity contribution in [1.29, 1.82) is 5.26 Å². The van der Waals surface area contributed by atoms with Crippen LogP contribution in [0.2, 0.25) is 0 Å². The van der Waals surface area contributed by atoms with Gasteiger partial charge in [0.2, 0.25) is 0 Å². The molecule has 2 rings (SSSR count).